The minimum atomic E-state index is -11.1. The van der Waals surface area contributed by atoms with Crippen LogP contribution in [0.15, 0.2) is 70.5 Å². The minimum Gasteiger partial charge on any atom is -0.0619 e. The van der Waals surface area contributed by atoms with Gasteiger partial charge in [-0.1, -0.05) is 36.4 Å². The van der Waals surface area contributed by atoms with Gasteiger partial charge in [-0.25, -0.2) is 0 Å². The van der Waals surface area contributed by atoms with Gasteiger partial charge in [0.15, 0.2) is 9.79 Å². The molecule has 112 valence electrons. The van der Waals surface area contributed by atoms with Crippen LogP contribution >= 0.6 is 0 Å². The van der Waals surface area contributed by atoms with Crippen molar-refractivity contribution in [2.45, 2.75) is 9.79 Å². The van der Waals surface area contributed by atoms with Crippen LogP contribution in [0.1, 0.15) is 0 Å². The molecule has 0 amide bonds. The molecule has 0 aliphatic heterocycles. The Hall–Kier alpha value is -1.07. The molecule has 2 aromatic carbocycles. The van der Waals surface area contributed by atoms with Gasteiger partial charge in [0.25, 0.3) is 0 Å². The molecule has 8 heteroatoms. The maximum Gasteiger partial charge on any atom is 0.158 e. The van der Waals surface area contributed by atoms with E-state index in [2.05, 4.69) is 48.5 Å². The zero-order valence-corrected chi connectivity index (χ0v) is 12.7. The summed E-state index contributed by atoms with van der Waals surface area (Å²) in [4.78, 5) is 2.68. The summed E-state index contributed by atoms with van der Waals surface area (Å²) in [5.74, 6) is 0. The van der Waals surface area contributed by atoms with E-state index < -0.39 is 14.2 Å². The fourth-order valence-corrected chi connectivity index (χ4v) is 2.09. The fraction of sp³-hybridized carbons (Fsp3) is 0. The summed E-state index contributed by atoms with van der Waals surface area (Å²) >= 11 is -9.78. The predicted octanol–water partition coefficient (Wildman–Crippen LogP) is 5.06. The first kappa shape index (κ1) is 17.0. The van der Waals surface area contributed by atoms with Crippen LogP contribution in [0.3, 0.4) is 0 Å². The average Bonchev–Trinajstić information content (AvgIpc) is 2.27. The molecule has 0 unspecified atom stereocenters. The Kier molecular flexibility index (Phi) is 4.56. The van der Waals surface area contributed by atoms with Gasteiger partial charge in [-0.2, -0.15) is 0 Å². The average molecular weight is 376 g/mol. The second-order valence-electron chi connectivity index (χ2n) is 3.74. The molecule has 2 rings (SSSR count). The van der Waals surface area contributed by atoms with Crippen molar-refractivity contribution < 1.29 is 20.8 Å². The van der Waals surface area contributed by atoms with Crippen LogP contribution in [0.25, 0.3) is 0 Å². The zero-order valence-electron chi connectivity index (χ0n) is 9.94. The van der Waals surface area contributed by atoms with E-state index in [1.54, 1.807) is 0 Å². The van der Waals surface area contributed by atoms with Crippen molar-refractivity contribution in [3.63, 3.8) is 0 Å². The molecular weight excluding hydrogens is 365 g/mol. The Morgan fingerprint density at radius 2 is 0.800 bits per heavy atom. The Labute approximate surface area is 117 Å². The number of rotatable bonds is 2. The van der Waals surface area contributed by atoms with Crippen molar-refractivity contribution in [3.8, 4) is 0 Å². The van der Waals surface area contributed by atoms with Crippen LogP contribution in [0, 0.1) is 0 Å². The Bertz CT molecular complexity index is 489. The van der Waals surface area contributed by atoms with Gasteiger partial charge in [0.1, 0.15) is 0 Å². The van der Waals surface area contributed by atoms with Gasteiger partial charge in [-0.05, 0) is 24.3 Å². The second kappa shape index (κ2) is 5.37. The van der Waals surface area contributed by atoms with Crippen molar-refractivity contribution >= 4 is 25.9 Å². The first-order valence-corrected chi connectivity index (χ1v) is 10.4. The molecule has 2 aromatic rings. The van der Waals surface area contributed by atoms with Crippen LogP contribution in [-0.4, -0.2) is 14.2 Å². The van der Waals surface area contributed by atoms with Crippen LogP contribution in [-0.2, 0) is 11.8 Å². The summed E-state index contributed by atoms with van der Waals surface area (Å²) in [6.07, 6.45) is 0. The molecule has 0 saturated heterocycles. The molecule has 0 spiro atoms. The van der Waals surface area contributed by atoms with Gasteiger partial charge in [0, 0.05) is 11.8 Å². The van der Waals surface area contributed by atoms with E-state index in [0.29, 0.717) is 0 Å². The molecule has 0 saturated carbocycles. The molecule has 0 bridgehead atoms. The number of halogens is 6. The fourth-order valence-electron chi connectivity index (χ4n) is 1.15. The largest absolute Gasteiger partial charge is 0.158 e. The third-order valence-corrected chi connectivity index (χ3v) is 2.88. The Morgan fingerprint density at radius 1 is 0.550 bits per heavy atom. The molecular formula is C12H11AsF6S. The topological polar surface area (TPSA) is 0 Å². The van der Waals surface area contributed by atoms with Gasteiger partial charge >= 0.3 is 35.0 Å². The van der Waals surface area contributed by atoms with Gasteiger partial charge in [-0.15, -0.1) is 0 Å². The van der Waals surface area contributed by atoms with E-state index in [1.807, 2.05) is 12.1 Å². The van der Waals surface area contributed by atoms with E-state index in [4.69, 9.17) is 0 Å². The molecule has 0 fully saturated rings. The maximum atomic E-state index is 9.91. The zero-order chi connectivity index (χ0) is 15.3. The van der Waals surface area contributed by atoms with Crippen LogP contribution in [0.5, 0.6) is 0 Å². The third-order valence-electron chi connectivity index (χ3n) is 1.77. The van der Waals surface area contributed by atoms with E-state index in [0.717, 1.165) is 0 Å². The van der Waals surface area contributed by atoms with Gasteiger partial charge in [0.2, 0.25) is 0 Å². The first-order chi connectivity index (χ1) is 8.90. The molecule has 0 atom stereocenters. The molecule has 0 nitrogen and oxygen atoms in total. The molecule has 0 radical (unpaired) electrons. The molecule has 0 aliphatic rings. The van der Waals surface area contributed by atoms with E-state index in [-0.39, 0.29) is 0 Å². The van der Waals surface area contributed by atoms with Crippen LogP contribution in [0.2, 0.25) is 0 Å². The van der Waals surface area contributed by atoms with E-state index in [9.17, 15) is 20.8 Å². The molecule has 0 N–H and O–H groups in total. The Balaban J connectivity index is 0.000000246. The van der Waals surface area contributed by atoms with Crippen molar-refractivity contribution in [3.05, 3.63) is 60.7 Å². The summed E-state index contributed by atoms with van der Waals surface area (Å²) in [6.45, 7) is 0. The van der Waals surface area contributed by atoms with Crippen molar-refractivity contribution in [1.82, 2.24) is 0 Å². The maximum absolute atomic E-state index is 11.1. The molecule has 0 aliphatic carbocycles. The van der Waals surface area contributed by atoms with Gasteiger partial charge in [0.05, 0.1) is 0 Å². The number of hydrogen-bond acceptors (Lipinski definition) is 0. The van der Waals surface area contributed by atoms with Crippen molar-refractivity contribution in [1.29, 1.82) is 0 Å². The summed E-state index contributed by atoms with van der Waals surface area (Å²) in [5.41, 5.74) is 0. The second-order valence-corrected chi connectivity index (χ2v) is 9.02. The molecule has 20 heavy (non-hydrogen) atoms. The van der Waals surface area contributed by atoms with Crippen molar-refractivity contribution in [2.24, 2.45) is 0 Å². The smallest absolute Gasteiger partial charge is 0.0619 e. The monoisotopic (exact) mass is 376 g/mol. The molecule has 0 aromatic heterocycles. The summed E-state index contributed by atoms with van der Waals surface area (Å²) in [5, 5.41) is 0. The minimum absolute atomic E-state index is 1.28. The standard InChI is InChI=1S/C12H10S.AsF6/c1-3-7-11(8-4-1)13-12-9-5-2-6-10-12;2-1(3,4,5,6)7/h1-10H;/q;-1/p+1. The summed E-state index contributed by atoms with van der Waals surface area (Å²) in [6, 6.07) is 21.0. The van der Waals surface area contributed by atoms with Crippen LogP contribution in [0.4, 0.5) is 20.8 Å². The van der Waals surface area contributed by atoms with Gasteiger partial charge in [-0.3, -0.25) is 0 Å². The number of hydrogen-bond donors (Lipinski definition) is 0. The summed E-state index contributed by atoms with van der Waals surface area (Å²) in [7, 11) is 0. The SMILES string of the molecule is F[As-](F)(F)(F)(F)F.c1ccc([SH+]c2ccccc2)cc1. The first-order valence-electron chi connectivity index (χ1n) is 5.28. The van der Waals surface area contributed by atoms with Gasteiger partial charge < -0.3 is 0 Å². The van der Waals surface area contributed by atoms with E-state index >= 15 is 0 Å². The molecule has 0 heterocycles. The predicted molar refractivity (Wildman–Crippen MR) is 70.6 cm³/mol. The van der Waals surface area contributed by atoms with Crippen molar-refractivity contribution in [2.75, 3.05) is 0 Å². The normalized spacial score (nSPS) is 14.5. The number of benzene rings is 2. The van der Waals surface area contributed by atoms with E-state index in [1.165, 1.54) is 21.6 Å². The number of thiol groups is 1. The summed E-state index contributed by atoms with van der Waals surface area (Å²) < 4.78 is 59.4. The third kappa shape index (κ3) is 12.0. The quantitative estimate of drug-likeness (QED) is 0.298. The Morgan fingerprint density at radius 3 is 1.05 bits per heavy atom. The van der Waals surface area contributed by atoms with Crippen LogP contribution < -0.4 is 0 Å².